The van der Waals surface area contributed by atoms with Crippen molar-refractivity contribution in [1.29, 1.82) is 0 Å². The number of aliphatic hydroxyl groups excluding tert-OH is 1. The van der Waals surface area contributed by atoms with Gasteiger partial charge in [-0.3, -0.25) is 0 Å². The molecule has 1 rings (SSSR count). The topological polar surface area (TPSA) is 32.8 Å². The number of epoxide rings is 1. The lowest BCUT2D eigenvalue weighted by atomic mass is 10.1. The van der Waals surface area contributed by atoms with Crippen molar-refractivity contribution >= 4 is 15.9 Å². The van der Waals surface area contributed by atoms with Crippen LogP contribution >= 0.6 is 15.9 Å². The molecule has 3 heteroatoms. The van der Waals surface area contributed by atoms with Gasteiger partial charge in [-0.15, -0.1) is 0 Å². The molecule has 2 nitrogen and oxygen atoms in total. The van der Waals surface area contributed by atoms with Crippen molar-refractivity contribution in [2.45, 2.75) is 49.8 Å². The third-order valence-corrected chi connectivity index (χ3v) is 2.53. The number of halogens is 1. The quantitative estimate of drug-likeness (QED) is 0.584. The van der Waals surface area contributed by atoms with Crippen LogP contribution in [-0.2, 0) is 4.74 Å². The molecule has 2 unspecified atom stereocenters. The highest BCUT2D eigenvalue weighted by Gasteiger charge is 2.46. The minimum absolute atomic E-state index is 0.108. The Morgan fingerprint density at radius 2 is 2.18 bits per heavy atom. The molecule has 0 radical (unpaired) electrons. The molecular weight excluding hydrogens is 208 g/mol. The van der Waals surface area contributed by atoms with E-state index < -0.39 is 0 Å². The van der Waals surface area contributed by atoms with E-state index in [0.29, 0.717) is 6.10 Å². The molecule has 0 spiro atoms. The van der Waals surface area contributed by atoms with Crippen LogP contribution in [0.5, 0.6) is 0 Å². The fourth-order valence-corrected chi connectivity index (χ4v) is 1.53. The van der Waals surface area contributed by atoms with E-state index in [1.807, 2.05) is 0 Å². The van der Waals surface area contributed by atoms with Crippen molar-refractivity contribution in [3.8, 4) is 0 Å². The highest BCUT2D eigenvalue weighted by Crippen LogP contribution is 2.38. The Kier molecular flexibility index (Phi) is 2.95. The van der Waals surface area contributed by atoms with Crippen molar-refractivity contribution < 1.29 is 9.84 Å². The van der Waals surface area contributed by atoms with Gasteiger partial charge in [0.2, 0.25) is 0 Å². The molecule has 0 amide bonds. The molecule has 1 N–H and O–H groups in total. The average molecular weight is 223 g/mol. The average Bonchev–Trinajstić information content (AvgIpc) is 2.39. The second-order valence-corrected chi connectivity index (χ2v) is 4.63. The number of hydrogen-bond acceptors (Lipinski definition) is 2. The summed E-state index contributed by atoms with van der Waals surface area (Å²) in [5.74, 6) is 0. The van der Waals surface area contributed by atoms with Gasteiger partial charge in [-0.05, 0) is 33.1 Å². The number of ether oxygens (including phenoxy) is 1. The van der Waals surface area contributed by atoms with E-state index in [4.69, 9.17) is 9.84 Å². The molecule has 0 saturated carbocycles. The summed E-state index contributed by atoms with van der Waals surface area (Å²) in [6.07, 6.45) is 3.33. The fourth-order valence-electron chi connectivity index (χ4n) is 1.21. The minimum Gasteiger partial charge on any atom is -0.382 e. The summed E-state index contributed by atoms with van der Waals surface area (Å²) in [7, 11) is 0. The van der Waals surface area contributed by atoms with E-state index in [9.17, 15) is 0 Å². The van der Waals surface area contributed by atoms with Gasteiger partial charge in [-0.25, -0.2) is 0 Å². The molecule has 0 aliphatic carbocycles. The summed E-state index contributed by atoms with van der Waals surface area (Å²) in [6.45, 7) is 4.20. The predicted molar refractivity (Wildman–Crippen MR) is 47.7 cm³/mol. The van der Waals surface area contributed by atoms with Crippen LogP contribution in [0.4, 0.5) is 0 Å². The summed E-state index contributed by atoms with van der Waals surface area (Å²) < 4.78 is 5.39. The lowest BCUT2D eigenvalue weighted by Crippen LogP contribution is -2.03. The van der Waals surface area contributed by atoms with Gasteiger partial charge < -0.3 is 9.84 Å². The standard InChI is InChI=1S/C8H15BrO2/c1-8(2)6(11-8)4-3-5-7(9)10/h6-7,10H,3-5H2,1-2H3. The van der Waals surface area contributed by atoms with E-state index in [2.05, 4.69) is 29.8 Å². The smallest absolute Gasteiger partial charge is 0.109 e. The molecule has 2 atom stereocenters. The Bertz CT molecular complexity index is 134. The summed E-state index contributed by atoms with van der Waals surface area (Å²) in [5.41, 5.74) is 0.108. The fraction of sp³-hybridized carbons (Fsp3) is 1.00. The predicted octanol–water partition coefficient (Wildman–Crippen LogP) is 2.05. The van der Waals surface area contributed by atoms with Crippen molar-refractivity contribution in [2.24, 2.45) is 0 Å². The zero-order valence-electron chi connectivity index (χ0n) is 7.01. The van der Waals surface area contributed by atoms with Crippen LogP contribution in [0.1, 0.15) is 33.1 Å². The summed E-state index contributed by atoms with van der Waals surface area (Å²) >= 11 is 3.09. The van der Waals surface area contributed by atoms with Gasteiger partial charge in [-0.1, -0.05) is 15.9 Å². The highest BCUT2D eigenvalue weighted by molar-refractivity contribution is 9.09. The Morgan fingerprint density at radius 1 is 1.64 bits per heavy atom. The van der Waals surface area contributed by atoms with E-state index in [1.54, 1.807) is 0 Å². The van der Waals surface area contributed by atoms with Crippen LogP contribution in [0.2, 0.25) is 0 Å². The first-order valence-corrected chi connectivity index (χ1v) is 4.94. The monoisotopic (exact) mass is 222 g/mol. The Hall–Kier alpha value is 0.400. The van der Waals surface area contributed by atoms with Crippen LogP contribution in [0.3, 0.4) is 0 Å². The third kappa shape index (κ3) is 3.09. The Morgan fingerprint density at radius 3 is 2.55 bits per heavy atom. The lowest BCUT2D eigenvalue weighted by molar-refractivity contribution is 0.251. The minimum atomic E-state index is -0.343. The molecule has 1 fully saturated rings. The number of alkyl halides is 1. The second-order valence-electron chi connectivity index (χ2n) is 3.58. The third-order valence-electron chi connectivity index (χ3n) is 2.07. The van der Waals surface area contributed by atoms with Crippen molar-refractivity contribution in [2.75, 3.05) is 0 Å². The Balaban J connectivity index is 1.98. The Labute approximate surface area is 76.1 Å². The zero-order chi connectivity index (χ0) is 8.48. The maximum atomic E-state index is 8.89. The van der Waals surface area contributed by atoms with Crippen molar-refractivity contribution in [1.82, 2.24) is 0 Å². The summed E-state index contributed by atoms with van der Waals surface area (Å²) in [4.78, 5) is 0. The molecule has 0 aromatic heterocycles. The largest absolute Gasteiger partial charge is 0.382 e. The van der Waals surface area contributed by atoms with E-state index in [1.165, 1.54) is 0 Å². The molecule has 0 aromatic carbocycles. The molecule has 1 aliphatic rings. The first-order chi connectivity index (χ1) is 5.02. The number of rotatable bonds is 4. The molecular formula is C8H15BrO2. The highest BCUT2D eigenvalue weighted by atomic mass is 79.9. The van der Waals surface area contributed by atoms with Crippen LogP contribution in [0.15, 0.2) is 0 Å². The van der Waals surface area contributed by atoms with E-state index in [-0.39, 0.29) is 10.6 Å². The first-order valence-electron chi connectivity index (χ1n) is 4.02. The van der Waals surface area contributed by atoms with Crippen LogP contribution in [0.25, 0.3) is 0 Å². The SMILES string of the molecule is CC1(C)OC1CCCC(O)Br. The van der Waals surface area contributed by atoms with Crippen LogP contribution < -0.4 is 0 Å². The van der Waals surface area contributed by atoms with Gasteiger partial charge in [0, 0.05) is 0 Å². The summed E-state index contributed by atoms with van der Waals surface area (Å²) in [5, 5.41) is 8.55. The van der Waals surface area contributed by atoms with Gasteiger partial charge in [0.25, 0.3) is 0 Å². The van der Waals surface area contributed by atoms with E-state index in [0.717, 1.165) is 19.3 Å². The molecule has 0 aromatic rings. The molecule has 1 aliphatic heterocycles. The first kappa shape index (κ1) is 9.49. The van der Waals surface area contributed by atoms with Gasteiger partial charge in [0.15, 0.2) is 0 Å². The van der Waals surface area contributed by atoms with Crippen LogP contribution in [-0.4, -0.2) is 21.8 Å². The molecule has 11 heavy (non-hydrogen) atoms. The van der Waals surface area contributed by atoms with Gasteiger partial charge in [0.1, 0.15) is 5.01 Å². The maximum absolute atomic E-state index is 8.89. The molecule has 1 saturated heterocycles. The maximum Gasteiger partial charge on any atom is 0.109 e. The van der Waals surface area contributed by atoms with Crippen LogP contribution in [0, 0.1) is 0 Å². The number of aliphatic hydroxyl groups is 1. The van der Waals surface area contributed by atoms with Crippen molar-refractivity contribution in [3.63, 3.8) is 0 Å². The molecule has 1 heterocycles. The summed E-state index contributed by atoms with van der Waals surface area (Å²) in [6, 6.07) is 0. The normalized spacial score (nSPS) is 30.0. The zero-order valence-corrected chi connectivity index (χ0v) is 8.60. The lowest BCUT2D eigenvalue weighted by Gasteiger charge is -2.00. The molecule has 66 valence electrons. The second kappa shape index (κ2) is 3.42. The van der Waals surface area contributed by atoms with Crippen molar-refractivity contribution in [3.05, 3.63) is 0 Å². The van der Waals surface area contributed by atoms with Gasteiger partial charge >= 0.3 is 0 Å². The molecule has 0 bridgehead atoms. The van der Waals surface area contributed by atoms with Gasteiger partial charge in [-0.2, -0.15) is 0 Å². The number of hydrogen-bond donors (Lipinski definition) is 1. The van der Waals surface area contributed by atoms with Gasteiger partial charge in [0.05, 0.1) is 11.7 Å². The van der Waals surface area contributed by atoms with E-state index >= 15 is 0 Å².